The largest absolute Gasteiger partial charge is 0.494 e. The van der Waals surface area contributed by atoms with E-state index < -0.39 is 92.4 Å². The van der Waals surface area contributed by atoms with Crippen LogP contribution < -0.4 is 19.5 Å². The van der Waals surface area contributed by atoms with Crippen molar-refractivity contribution in [1.29, 1.82) is 0 Å². The molecule has 312 valence electrons. The number of aromatic nitrogens is 1. The van der Waals surface area contributed by atoms with Crippen molar-refractivity contribution in [1.82, 2.24) is 24.8 Å². The van der Waals surface area contributed by atoms with Crippen molar-refractivity contribution in [2.45, 2.75) is 120 Å². The van der Waals surface area contributed by atoms with Crippen LogP contribution in [0.2, 0.25) is 0 Å². The summed E-state index contributed by atoms with van der Waals surface area (Å²) < 4.78 is 83.7. The lowest BCUT2D eigenvalue weighted by Gasteiger charge is -2.45. The molecule has 6 rings (SSSR count). The zero-order chi connectivity index (χ0) is 41.6. The zero-order valence-electron chi connectivity index (χ0n) is 32.5. The Labute approximate surface area is 329 Å². The van der Waals surface area contributed by atoms with Gasteiger partial charge in [0.1, 0.15) is 29.3 Å². The number of alkyl halides is 2. The summed E-state index contributed by atoms with van der Waals surface area (Å²) in [7, 11) is -2.70. The smallest absolute Gasteiger partial charge is 0.408 e. The highest BCUT2D eigenvalue weighted by atomic mass is 32.2. The third kappa shape index (κ3) is 8.37. The number of nitrogens with zero attached hydrogens (tertiary/aromatic N) is 3. The van der Waals surface area contributed by atoms with E-state index in [2.05, 4.69) is 15.0 Å². The number of pyridine rings is 1. The maximum atomic E-state index is 15.1. The summed E-state index contributed by atoms with van der Waals surface area (Å²) in [6.07, 6.45) is 1.31. The molecule has 2 aliphatic heterocycles. The van der Waals surface area contributed by atoms with E-state index in [0.29, 0.717) is 36.0 Å². The monoisotopic (exact) mass is 821 g/mol. The minimum Gasteiger partial charge on any atom is -0.494 e. The summed E-state index contributed by atoms with van der Waals surface area (Å²) >= 11 is 0. The average Bonchev–Trinajstić information content (AvgIpc) is 4.07. The highest BCUT2D eigenvalue weighted by Gasteiger charge is 2.62. The summed E-state index contributed by atoms with van der Waals surface area (Å²) in [6, 6.07) is 1.13. The number of methoxy groups -OCH3 is 1. The molecule has 3 heterocycles. The van der Waals surface area contributed by atoms with E-state index >= 15 is 4.79 Å². The maximum absolute atomic E-state index is 15.1. The number of ether oxygens (including phenoxy) is 2. The van der Waals surface area contributed by atoms with Crippen LogP contribution in [0.3, 0.4) is 0 Å². The van der Waals surface area contributed by atoms with Crippen molar-refractivity contribution < 1.29 is 55.3 Å². The molecular weight excluding hydrogens is 772 g/mol. The van der Waals surface area contributed by atoms with Gasteiger partial charge in [0.25, 0.3) is 12.3 Å². The van der Waals surface area contributed by atoms with Gasteiger partial charge < -0.3 is 24.8 Å². The number of halogens is 3. The number of hydrogen-bond donors (Lipinski definition) is 3. The summed E-state index contributed by atoms with van der Waals surface area (Å²) in [6.45, 7) is 5.41. The van der Waals surface area contributed by atoms with Gasteiger partial charge in [0, 0.05) is 23.9 Å². The Bertz CT molecular complexity index is 2050. The first kappa shape index (κ1) is 42.0. The highest BCUT2D eigenvalue weighted by molar-refractivity contribution is 7.91. The first-order chi connectivity index (χ1) is 26.8. The quantitative estimate of drug-likeness (QED) is 0.276. The molecule has 14 nitrogen and oxygen atoms in total. The van der Waals surface area contributed by atoms with Crippen LogP contribution in [0.25, 0.3) is 10.8 Å². The van der Waals surface area contributed by atoms with Crippen molar-refractivity contribution >= 4 is 44.6 Å². The van der Waals surface area contributed by atoms with Crippen molar-refractivity contribution in [2.24, 2.45) is 17.8 Å². The fourth-order valence-electron chi connectivity index (χ4n) is 8.21. The fraction of sp³-hybridized carbons (Fsp3) is 0.615. The number of hydrogen-bond acceptors (Lipinski definition) is 9. The van der Waals surface area contributed by atoms with Crippen molar-refractivity contribution in [3.8, 4) is 11.6 Å². The molecule has 3 fully saturated rings. The third-order valence-corrected chi connectivity index (χ3v) is 13.7. The second-order valence-corrected chi connectivity index (χ2v) is 18.3. The van der Waals surface area contributed by atoms with Gasteiger partial charge in [-0.25, -0.2) is 31.4 Å². The van der Waals surface area contributed by atoms with Gasteiger partial charge in [0.2, 0.25) is 27.7 Å². The molecule has 1 saturated heterocycles. The van der Waals surface area contributed by atoms with Gasteiger partial charge in [-0.05, 0) is 87.8 Å². The minimum absolute atomic E-state index is 0.0228. The van der Waals surface area contributed by atoms with E-state index in [1.807, 2.05) is 13.0 Å². The fourth-order valence-corrected chi connectivity index (χ4v) is 9.58. The molecule has 1 aromatic heterocycles. The first-order valence-corrected chi connectivity index (χ1v) is 20.8. The molecule has 0 radical (unpaired) electrons. The summed E-state index contributed by atoms with van der Waals surface area (Å²) in [5.74, 6) is -4.88. The van der Waals surface area contributed by atoms with Crippen LogP contribution >= 0.6 is 0 Å². The molecule has 57 heavy (non-hydrogen) atoms. The number of fused-ring (bicyclic) bond motifs is 3. The SMILES string of the molecule is CC[C@@H]1C[C@H](C)CCC=C[C@@H]2C[C@@]2(C(=O)NS(=O)(=O)C2CC2)NC(=O)[C@@H]2C[C@@H](Oc3nccc4cc(OC)c(F)cc34)CN2C(=O)[C@H]1N(C(=O)O)C(C)(C)C(F)F. The third-order valence-electron chi connectivity index (χ3n) is 11.9. The second kappa shape index (κ2) is 16.0. The highest BCUT2D eigenvalue weighted by Crippen LogP contribution is 2.46. The topological polar surface area (TPSA) is 185 Å². The lowest BCUT2D eigenvalue weighted by molar-refractivity contribution is -0.149. The lowest BCUT2D eigenvalue weighted by Crippen LogP contribution is -2.65. The number of rotatable bonds is 10. The van der Waals surface area contributed by atoms with Gasteiger partial charge in [-0.1, -0.05) is 32.4 Å². The Morgan fingerprint density at radius 2 is 1.91 bits per heavy atom. The van der Waals surface area contributed by atoms with E-state index in [9.17, 15) is 41.1 Å². The first-order valence-electron chi connectivity index (χ1n) is 19.3. The maximum Gasteiger partial charge on any atom is 0.408 e. The van der Waals surface area contributed by atoms with E-state index in [1.165, 1.54) is 25.4 Å². The molecule has 0 unspecified atom stereocenters. The molecule has 3 N–H and O–H groups in total. The summed E-state index contributed by atoms with van der Waals surface area (Å²) in [5.41, 5.74) is -4.02. The molecule has 18 heteroatoms. The van der Waals surface area contributed by atoms with E-state index in [1.54, 1.807) is 19.1 Å². The van der Waals surface area contributed by atoms with E-state index in [4.69, 9.17) is 9.47 Å². The number of carbonyl (C=O) groups excluding carboxylic acids is 3. The second-order valence-electron chi connectivity index (χ2n) is 16.3. The zero-order valence-corrected chi connectivity index (χ0v) is 33.4. The lowest BCUT2D eigenvalue weighted by atomic mass is 9.82. The number of sulfonamides is 1. The van der Waals surface area contributed by atoms with E-state index in [-0.39, 0.29) is 55.2 Å². The van der Waals surface area contributed by atoms with Gasteiger partial charge in [-0.3, -0.25) is 24.0 Å². The van der Waals surface area contributed by atoms with Gasteiger partial charge >= 0.3 is 6.09 Å². The van der Waals surface area contributed by atoms with Crippen LogP contribution in [-0.2, 0) is 24.4 Å². The predicted octanol–water partition coefficient (Wildman–Crippen LogP) is 5.01. The van der Waals surface area contributed by atoms with E-state index in [0.717, 1.165) is 18.7 Å². The van der Waals surface area contributed by atoms with Crippen LogP contribution in [0.5, 0.6) is 11.6 Å². The average molecular weight is 822 g/mol. The van der Waals surface area contributed by atoms with Gasteiger partial charge in [0.05, 0.1) is 18.9 Å². The predicted molar refractivity (Wildman–Crippen MR) is 202 cm³/mol. The number of allylic oxidation sites excluding steroid dienone is 1. The number of carbonyl (C=O) groups is 4. The van der Waals surface area contributed by atoms with Crippen LogP contribution in [-0.4, -0.2) is 107 Å². The molecule has 2 aliphatic carbocycles. The number of benzene rings is 1. The Morgan fingerprint density at radius 1 is 1.19 bits per heavy atom. The van der Waals surface area contributed by atoms with Crippen LogP contribution in [0.15, 0.2) is 36.5 Å². The Kier molecular flexibility index (Phi) is 11.8. The van der Waals surface area contributed by atoms with Gasteiger partial charge in [-0.15, -0.1) is 0 Å². The molecule has 7 atom stereocenters. The van der Waals surface area contributed by atoms with Gasteiger partial charge in [0.15, 0.2) is 11.6 Å². The Balaban J connectivity index is 1.43. The number of amides is 4. The van der Waals surface area contributed by atoms with Gasteiger partial charge in [-0.2, -0.15) is 0 Å². The molecule has 0 bridgehead atoms. The molecule has 2 saturated carbocycles. The van der Waals surface area contributed by atoms with Crippen LogP contribution in [0, 0.1) is 23.6 Å². The Hall–Kier alpha value is -4.61. The molecular formula is C39H50F3N5O9S. The molecule has 0 spiro atoms. The van der Waals surface area contributed by atoms with Crippen LogP contribution in [0.4, 0.5) is 18.0 Å². The minimum atomic E-state index is -4.01. The normalized spacial score (nSPS) is 28.5. The van der Waals surface area contributed by atoms with Crippen molar-refractivity contribution in [3.05, 3.63) is 42.4 Å². The van der Waals surface area contributed by atoms with Crippen LogP contribution in [0.1, 0.15) is 79.1 Å². The van der Waals surface area contributed by atoms with Crippen molar-refractivity contribution in [3.63, 3.8) is 0 Å². The molecule has 4 amide bonds. The molecule has 1 aromatic carbocycles. The number of nitrogens with one attached hydrogen (secondary N) is 2. The number of carboxylic acid groups (broad SMARTS) is 1. The Morgan fingerprint density at radius 3 is 2.54 bits per heavy atom. The summed E-state index contributed by atoms with van der Waals surface area (Å²) in [4.78, 5) is 62.3. The van der Waals surface area contributed by atoms with Crippen molar-refractivity contribution in [2.75, 3.05) is 13.7 Å². The molecule has 4 aliphatic rings. The summed E-state index contributed by atoms with van der Waals surface area (Å²) in [5, 5.41) is 13.3. The standard InChI is InChI=1S/C39H50F3N5O9S/c1-6-22-15-21(2)9-7-8-10-24-19-39(24,36(50)45-57(53,54)26-11-12-26)44-32(48)29-17-25(56-33-27-18-28(40)30(55-5)16-23(27)13-14-43-33)20-46(29)34(49)31(22)47(37(51)52)38(3,4)35(41)42/h8,10,13-14,16,18,21-22,24-26,29,31,35H,6-7,9,11-12,15,17,19-20H2,1-5H3,(H,44,48)(H,45,50)(H,51,52)/t21-,22-,24-,25-,29+,31+,39-/m1/s1. The molecule has 2 aromatic rings.